The molecule has 2 rings (SSSR count). The van der Waals surface area contributed by atoms with Crippen LogP contribution in [-0.2, 0) is 0 Å². The van der Waals surface area contributed by atoms with Crippen LogP contribution in [0.1, 0.15) is 22.8 Å². The summed E-state index contributed by atoms with van der Waals surface area (Å²) < 4.78 is 0. The van der Waals surface area contributed by atoms with Crippen molar-refractivity contribution in [2.24, 2.45) is 0 Å². The lowest BCUT2D eigenvalue weighted by Gasteiger charge is -2.25. The second kappa shape index (κ2) is 12.3. The maximum Gasteiger partial charge on any atom is 0.193 e. The third kappa shape index (κ3) is 7.58. The molecule has 0 saturated heterocycles. The van der Waals surface area contributed by atoms with Crippen LogP contribution in [0.25, 0.3) is 0 Å². The minimum atomic E-state index is 0.00861. The molecule has 0 radical (unpaired) electrons. The molecule has 3 N–H and O–H groups in total. The number of nitrogens with zero attached hydrogens (tertiary/aromatic N) is 1. The maximum absolute atomic E-state index is 11.8. The largest absolute Gasteiger partial charge is 0.395 e. The minimum absolute atomic E-state index is 0.00861. The smallest absolute Gasteiger partial charge is 0.193 e. The van der Waals surface area contributed by atoms with E-state index in [0.717, 1.165) is 11.1 Å². The van der Waals surface area contributed by atoms with E-state index in [1.165, 1.54) is 0 Å². The van der Waals surface area contributed by atoms with E-state index in [1.54, 1.807) is 0 Å². The summed E-state index contributed by atoms with van der Waals surface area (Å²) in [6.45, 7) is 3.03. The van der Waals surface area contributed by atoms with Crippen LogP contribution >= 0.6 is 0 Å². The van der Waals surface area contributed by atoms with Crippen LogP contribution in [0.2, 0.25) is 0 Å². The summed E-state index contributed by atoms with van der Waals surface area (Å²) >= 11 is 0. The molecule has 0 heterocycles. The van der Waals surface area contributed by atoms with Crippen molar-refractivity contribution in [2.75, 3.05) is 32.9 Å². The Morgan fingerprint density at radius 2 is 1.24 bits per heavy atom. The third-order valence-electron chi connectivity index (χ3n) is 3.73. The summed E-state index contributed by atoms with van der Waals surface area (Å²) in [5.41, 5.74) is 1.47. The van der Waals surface area contributed by atoms with Crippen LogP contribution in [-0.4, -0.2) is 65.0 Å². The summed E-state index contributed by atoms with van der Waals surface area (Å²) in [6.07, 6.45) is 0. The number of aliphatic hydroxyl groups excluding tert-OH is 3. The number of carbonyl (C=O) groups excluding carboxylic acids is 1. The molecule has 5 heteroatoms. The summed E-state index contributed by atoms with van der Waals surface area (Å²) in [5.74, 6) is 0.0752. The zero-order chi connectivity index (χ0) is 18.5. The number of benzene rings is 2. The van der Waals surface area contributed by atoms with Gasteiger partial charge in [0.25, 0.3) is 0 Å². The standard InChI is InChI=1S/C13H10O.C7H17NO3/c14-13(11-7-3-1-4-8-11)12-9-5-2-6-10-12;1-7(6-11)8(2-4-9)3-5-10/h1-10H;7,9-11H,2-6H2,1H3. The summed E-state index contributed by atoms with van der Waals surface area (Å²) in [4.78, 5) is 13.7. The fraction of sp³-hybridized carbons (Fsp3) is 0.350. The van der Waals surface area contributed by atoms with E-state index in [-0.39, 0.29) is 31.6 Å². The van der Waals surface area contributed by atoms with E-state index in [2.05, 4.69) is 0 Å². The molecule has 0 fully saturated rings. The van der Waals surface area contributed by atoms with E-state index in [1.807, 2.05) is 72.5 Å². The molecule has 136 valence electrons. The summed E-state index contributed by atoms with van der Waals surface area (Å²) in [7, 11) is 0. The molecule has 2 aromatic rings. The Hall–Kier alpha value is -2.05. The van der Waals surface area contributed by atoms with Gasteiger partial charge in [0.05, 0.1) is 19.8 Å². The van der Waals surface area contributed by atoms with E-state index >= 15 is 0 Å². The Morgan fingerprint density at radius 1 is 0.840 bits per heavy atom. The Kier molecular flexibility index (Phi) is 10.4. The van der Waals surface area contributed by atoms with Gasteiger partial charge >= 0.3 is 0 Å². The van der Waals surface area contributed by atoms with Crippen molar-refractivity contribution < 1.29 is 20.1 Å². The average molecular weight is 345 g/mol. The number of carbonyl (C=O) groups is 1. The summed E-state index contributed by atoms with van der Waals surface area (Å²) in [5, 5.41) is 26.0. The van der Waals surface area contributed by atoms with Gasteiger partial charge in [0.15, 0.2) is 5.78 Å². The van der Waals surface area contributed by atoms with Crippen LogP contribution in [0.15, 0.2) is 60.7 Å². The molecule has 5 nitrogen and oxygen atoms in total. The minimum Gasteiger partial charge on any atom is -0.395 e. The molecule has 0 bridgehead atoms. The molecule has 0 amide bonds. The number of rotatable bonds is 8. The number of hydrogen-bond donors (Lipinski definition) is 3. The van der Waals surface area contributed by atoms with Crippen molar-refractivity contribution in [3.63, 3.8) is 0 Å². The van der Waals surface area contributed by atoms with Crippen molar-refractivity contribution in [3.8, 4) is 0 Å². The molecule has 0 aromatic heterocycles. The summed E-state index contributed by atoms with van der Waals surface area (Å²) in [6, 6.07) is 18.6. The molecule has 1 atom stereocenters. The van der Waals surface area contributed by atoms with Gasteiger partial charge in [0, 0.05) is 30.3 Å². The fourth-order valence-electron chi connectivity index (χ4n) is 2.27. The second-order valence-electron chi connectivity index (χ2n) is 5.58. The molecule has 2 aromatic carbocycles. The molecular weight excluding hydrogens is 318 g/mol. The topological polar surface area (TPSA) is 81.0 Å². The van der Waals surface area contributed by atoms with Gasteiger partial charge in [-0.25, -0.2) is 0 Å². The number of ketones is 1. The number of hydrogen-bond acceptors (Lipinski definition) is 5. The molecule has 0 aliphatic rings. The van der Waals surface area contributed by atoms with Crippen molar-refractivity contribution >= 4 is 5.78 Å². The molecule has 0 aliphatic heterocycles. The normalized spacial score (nSPS) is 11.6. The first-order valence-corrected chi connectivity index (χ1v) is 8.35. The Morgan fingerprint density at radius 3 is 1.56 bits per heavy atom. The van der Waals surface area contributed by atoms with Crippen LogP contribution in [0.4, 0.5) is 0 Å². The van der Waals surface area contributed by atoms with Crippen LogP contribution < -0.4 is 0 Å². The van der Waals surface area contributed by atoms with Gasteiger partial charge in [0.2, 0.25) is 0 Å². The van der Waals surface area contributed by atoms with Gasteiger partial charge in [-0.15, -0.1) is 0 Å². The number of aliphatic hydroxyl groups is 3. The predicted octanol–water partition coefficient (Wildman–Crippen LogP) is 1.57. The molecule has 25 heavy (non-hydrogen) atoms. The van der Waals surface area contributed by atoms with Gasteiger partial charge in [-0.3, -0.25) is 9.69 Å². The quantitative estimate of drug-likeness (QED) is 0.633. The van der Waals surface area contributed by atoms with Gasteiger partial charge in [-0.2, -0.15) is 0 Å². The average Bonchev–Trinajstić information content (AvgIpc) is 2.68. The lowest BCUT2D eigenvalue weighted by molar-refractivity contribution is 0.0928. The van der Waals surface area contributed by atoms with Crippen LogP contribution in [0.3, 0.4) is 0 Å². The van der Waals surface area contributed by atoms with E-state index in [9.17, 15) is 4.79 Å². The zero-order valence-electron chi connectivity index (χ0n) is 14.6. The van der Waals surface area contributed by atoms with E-state index in [0.29, 0.717) is 13.1 Å². The van der Waals surface area contributed by atoms with Crippen LogP contribution in [0, 0.1) is 0 Å². The van der Waals surface area contributed by atoms with Gasteiger partial charge in [-0.05, 0) is 6.92 Å². The molecule has 0 aliphatic carbocycles. The van der Waals surface area contributed by atoms with Gasteiger partial charge < -0.3 is 15.3 Å². The van der Waals surface area contributed by atoms with Crippen molar-refractivity contribution in [1.82, 2.24) is 4.90 Å². The highest BCUT2D eigenvalue weighted by Crippen LogP contribution is 2.08. The monoisotopic (exact) mass is 345 g/mol. The first-order chi connectivity index (χ1) is 12.1. The van der Waals surface area contributed by atoms with E-state index in [4.69, 9.17) is 15.3 Å². The van der Waals surface area contributed by atoms with Crippen molar-refractivity contribution in [3.05, 3.63) is 71.8 Å². The van der Waals surface area contributed by atoms with Crippen molar-refractivity contribution in [2.45, 2.75) is 13.0 Å². The van der Waals surface area contributed by atoms with Gasteiger partial charge in [-0.1, -0.05) is 60.7 Å². The molecule has 0 saturated carbocycles. The van der Waals surface area contributed by atoms with Crippen molar-refractivity contribution in [1.29, 1.82) is 0 Å². The van der Waals surface area contributed by atoms with Gasteiger partial charge in [0.1, 0.15) is 0 Å². The fourth-order valence-corrected chi connectivity index (χ4v) is 2.27. The zero-order valence-corrected chi connectivity index (χ0v) is 14.6. The SMILES string of the molecule is CC(CO)N(CCO)CCO.O=C(c1ccccc1)c1ccccc1. The highest BCUT2D eigenvalue weighted by atomic mass is 16.3. The predicted molar refractivity (Wildman–Crippen MR) is 98.6 cm³/mol. The third-order valence-corrected chi connectivity index (χ3v) is 3.73. The lowest BCUT2D eigenvalue weighted by Crippen LogP contribution is -2.39. The lowest BCUT2D eigenvalue weighted by atomic mass is 10.0. The Labute approximate surface area is 149 Å². The molecule has 0 spiro atoms. The second-order valence-corrected chi connectivity index (χ2v) is 5.58. The Balaban J connectivity index is 0.000000260. The first kappa shape index (κ1) is 21.0. The van der Waals surface area contributed by atoms with E-state index < -0.39 is 0 Å². The highest BCUT2D eigenvalue weighted by molar-refractivity contribution is 6.08. The molecular formula is C20H27NO4. The van der Waals surface area contributed by atoms with Crippen LogP contribution in [0.5, 0.6) is 0 Å². The Bertz CT molecular complexity index is 542. The first-order valence-electron chi connectivity index (χ1n) is 8.35. The maximum atomic E-state index is 11.8. The highest BCUT2D eigenvalue weighted by Gasteiger charge is 2.10. The molecule has 1 unspecified atom stereocenters.